The van der Waals surface area contributed by atoms with E-state index in [0.29, 0.717) is 25.8 Å². The topological polar surface area (TPSA) is 59.8 Å². The van der Waals surface area contributed by atoms with E-state index >= 15 is 0 Å². The third kappa shape index (κ3) is 4.34. The number of ether oxygens (including phenoxy) is 1. The van der Waals surface area contributed by atoms with E-state index in [-0.39, 0.29) is 11.9 Å². The highest BCUT2D eigenvalue weighted by Crippen LogP contribution is 2.22. The summed E-state index contributed by atoms with van der Waals surface area (Å²) in [6, 6.07) is 3.22. The quantitative estimate of drug-likeness (QED) is 0.800. The lowest BCUT2D eigenvalue weighted by Crippen LogP contribution is -2.43. The van der Waals surface area contributed by atoms with Crippen LogP contribution >= 0.6 is 0 Å². The van der Waals surface area contributed by atoms with E-state index in [1.807, 2.05) is 26.8 Å². The molecule has 0 N–H and O–H groups in total. The van der Waals surface area contributed by atoms with Gasteiger partial charge in [0, 0.05) is 19.4 Å². The minimum Gasteiger partial charge on any atom is -0.469 e. The van der Waals surface area contributed by atoms with Crippen molar-refractivity contribution in [3.8, 4) is 0 Å². The lowest BCUT2D eigenvalue weighted by atomic mass is 10.1. The summed E-state index contributed by atoms with van der Waals surface area (Å²) < 4.78 is 10.6. The average molecular weight is 293 g/mol. The number of rotatable bonds is 4. The molecule has 1 fully saturated rings. The van der Waals surface area contributed by atoms with Gasteiger partial charge in [-0.15, -0.1) is 0 Å². The molecule has 1 aromatic heterocycles. The van der Waals surface area contributed by atoms with Crippen molar-refractivity contribution in [3.63, 3.8) is 0 Å². The van der Waals surface area contributed by atoms with Crippen LogP contribution in [0, 0.1) is 0 Å². The first kappa shape index (κ1) is 15.6. The average Bonchev–Trinajstić information content (AvgIpc) is 3.05. The Hall–Kier alpha value is -1.78. The molecule has 0 saturated carbocycles. The Bertz CT molecular complexity index is 487. The highest BCUT2D eigenvalue weighted by Gasteiger charge is 2.36. The Morgan fingerprint density at radius 3 is 2.81 bits per heavy atom. The van der Waals surface area contributed by atoms with Crippen LogP contribution in [-0.4, -0.2) is 35.0 Å². The van der Waals surface area contributed by atoms with Gasteiger partial charge in [-0.25, -0.2) is 4.79 Å². The van der Waals surface area contributed by atoms with Gasteiger partial charge in [0.25, 0.3) is 0 Å². The fourth-order valence-corrected chi connectivity index (χ4v) is 2.51. The zero-order valence-electron chi connectivity index (χ0n) is 12.9. The number of amides is 1. The summed E-state index contributed by atoms with van der Waals surface area (Å²) in [6.45, 7) is 6.13. The molecule has 1 aromatic rings. The van der Waals surface area contributed by atoms with Crippen LogP contribution in [0.15, 0.2) is 22.8 Å². The van der Waals surface area contributed by atoms with Crippen LogP contribution in [0.3, 0.4) is 0 Å². The molecule has 0 bridgehead atoms. The number of esters is 1. The molecule has 1 aliphatic rings. The monoisotopic (exact) mass is 293 g/mol. The molecule has 5 nitrogen and oxygen atoms in total. The van der Waals surface area contributed by atoms with Gasteiger partial charge in [-0.05, 0) is 45.7 Å². The van der Waals surface area contributed by atoms with Gasteiger partial charge in [0.1, 0.15) is 17.4 Å². The van der Waals surface area contributed by atoms with Crippen LogP contribution in [0.1, 0.15) is 45.8 Å². The SMILES string of the molecule is CC(C)(C)OC(=O)[C@@H]1CCCN1C(=O)CCc1ccco1. The van der Waals surface area contributed by atoms with E-state index in [1.165, 1.54) is 0 Å². The number of carbonyl (C=O) groups excluding carboxylic acids is 2. The van der Waals surface area contributed by atoms with Crippen LogP contribution in [0.25, 0.3) is 0 Å². The molecule has 5 heteroatoms. The van der Waals surface area contributed by atoms with E-state index in [1.54, 1.807) is 17.2 Å². The van der Waals surface area contributed by atoms with Gasteiger partial charge < -0.3 is 14.1 Å². The number of nitrogens with zero attached hydrogens (tertiary/aromatic N) is 1. The summed E-state index contributed by atoms with van der Waals surface area (Å²) in [5.74, 6) is 0.475. The summed E-state index contributed by atoms with van der Waals surface area (Å²) >= 11 is 0. The van der Waals surface area contributed by atoms with Gasteiger partial charge in [0.05, 0.1) is 6.26 Å². The number of hydrogen-bond acceptors (Lipinski definition) is 4. The molecule has 116 valence electrons. The number of aryl methyl sites for hydroxylation is 1. The molecule has 1 saturated heterocycles. The summed E-state index contributed by atoms with van der Waals surface area (Å²) in [7, 11) is 0. The van der Waals surface area contributed by atoms with Crippen molar-refractivity contribution in [1.82, 2.24) is 4.90 Å². The van der Waals surface area contributed by atoms with E-state index in [4.69, 9.17) is 9.15 Å². The fraction of sp³-hybridized carbons (Fsp3) is 0.625. The Balaban J connectivity index is 1.91. The summed E-state index contributed by atoms with van der Waals surface area (Å²) in [5.41, 5.74) is -0.525. The van der Waals surface area contributed by atoms with Crippen LogP contribution in [0.5, 0.6) is 0 Å². The first-order chi connectivity index (χ1) is 9.87. The van der Waals surface area contributed by atoms with Crippen LogP contribution < -0.4 is 0 Å². The van der Waals surface area contributed by atoms with Crippen molar-refractivity contribution >= 4 is 11.9 Å². The predicted octanol–water partition coefficient (Wildman–Crippen LogP) is 2.54. The normalized spacial score (nSPS) is 18.8. The second-order valence-electron chi connectivity index (χ2n) is 6.36. The van der Waals surface area contributed by atoms with E-state index < -0.39 is 11.6 Å². The Labute approximate surface area is 125 Å². The van der Waals surface area contributed by atoms with Crippen molar-refractivity contribution < 1.29 is 18.7 Å². The largest absolute Gasteiger partial charge is 0.469 e. The maximum absolute atomic E-state index is 12.3. The molecular formula is C16H23NO4. The number of hydrogen-bond donors (Lipinski definition) is 0. The molecule has 1 amide bonds. The van der Waals surface area contributed by atoms with E-state index in [2.05, 4.69) is 0 Å². The van der Waals surface area contributed by atoms with Gasteiger partial charge in [-0.2, -0.15) is 0 Å². The van der Waals surface area contributed by atoms with Crippen LogP contribution in [0.2, 0.25) is 0 Å². The molecule has 0 aromatic carbocycles. The zero-order valence-corrected chi connectivity index (χ0v) is 12.9. The molecule has 0 radical (unpaired) electrons. The molecule has 1 atom stereocenters. The van der Waals surface area contributed by atoms with Crippen molar-refractivity contribution in [2.45, 2.75) is 58.1 Å². The second-order valence-corrected chi connectivity index (χ2v) is 6.36. The summed E-state index contributed by atoms with van der Waals surface area (Å²) in [5, 5.41) is 0. The van der Waals surface area contributed by atoms with Gasteiger partial charge >= 0.3 is 5.97 Å². The summed E-state index contributed by atoms with van der Waals surface area (Å²) in [6.07, 6.45) is 4.03. The molecule has 0 unspecified atom stereocenters. The second kappa shape index (κ2) is 6.33. The molecule has 0 spiro atoms. The third-order valence-corrected chi connectivity index (χ3v) is 3.42. The Morgan fingerprint density at radius 1 is 1.43 bits per heavy atom. The summed E-state index contributed by atoms with van der Waals surface area (Å²) in [4.78, 5) is 26.1. The van der Waals surface area contributed by atoms with Gasteiger partial charge in [-0.1, -0.05) is 0 Å². The lowest BCUT2D eigenvalue weighted by Gasteiger charge is -2.27. The molecule has 1 aliphatic heterocycles. The van der Waals surface area contributed by atoms with Crippen molar-refractivity contribution in [1.29, 1.82) is 0 Å². The van der Waals surface area contributed by atoms with Crippen LogP contribution in [0.4, 0.5) is 0 Å². The van der Waals surface area contributed by atoms with Crippen molar-refractivity contribution in [2.24, 2.45) is 0 Å². The van der Waals surface area contributed by atoms with E-state index in [9.17, 15) is 9.59 Å². The highest BCUT2D eigenvalue weighted by atomic mass is 16.6. The zero-order chi connectivity index (χ0) is 15.5. The maximum Gasteiger partial charge on any atom is 0.329 e. The Morgan fingerprint density at radius 2 is 2.19 bits per heavy atom. The Kier molecular flexibility index (Phi) is 4.70. The highest BCUT2D eigenvalue weighted by molar-refractivity contribution is 5.85. The smallest absolute Gasteiger partial charge is 0.329 e. The minimum absolute atomic E-state index is 0.0141. The fourth-order valence-electron chi connectivity index (χ4n) is 2.51. The van der Waals surface area contributed by atoms with Gasteiger partial charge in [-0.3, -0.25) is 4.79 Å². The molecule has 2 heterocycles. The minimum atomic E-state index is -0.525. The number of carbonyl (C=O) groups is 2. The molecule has 0 aliphatic carbocycles. The molecule has 2 rings (SSSR count). The van der Waals surface area contributed by atoms with E-state index in [0.717, 1.165) is 12.2 Å². The lowest BCUT2D eigenvalue weighted by molar-refractivity contribution is -0.163. The predicted molar refractivity (Wildman–Crippen MR) is 77.6 cm³/mol. The first-order valence-corrected chi connectivity index (χ1v) is 7.41. The molecule has 21 heavy (non-hydrogen) atoms. The first-order valence-electron chi connectivity index (χ1n) is 7.41. The number of likely N-dealkylation sites (tertiary alicyclic amines) is 1. The van der Waals surface area contributed by atoms with Crippen LogP contribution in [-0.2, 0) is 20.7 Å². The number of furan rings is 1. The van der Waals surface area contributed by atoms with Crippen molar-refractivity contribution in [3.05, 3.63) is 24.2 Å². The van der Waals surface area contributed by atoms with Gasteiger partial charge in [0.2, 0.25) is 5.91 Å². The maximum atomic E-state index is 12.3. The van der Waals surface area contributed by atoms with Crippen molar-refractivity contribution in [2.75, 3.05) is 6.54 Å². The standard InChI is InChI=1S/C16H23NO4/c1-16(2,3)21-15(19)13-7-4-10-17(13)14(18)9-8-12-6-5-11-20-12/h5-6,11,13H,4,7-10H2,1-3H3/t13-/m0/s1. The van der Waals surface area contributed by atoms with Gasteiger partial charge in [0.15, 0.2) is 0 Å². The third-order valence-electron chi connectivity index (χ3n) is 3.42. The molecular weight excluding hydrogens is 270 g/mol.